The second-order valence-electron chi connectivity index (χ2n) is 1.35. The standard InChI is InChI=1S/C3H6O3.C2H4O2/c1-6-2-3(4)5;1-2(3)4/h2H2,1H3,(H,4,5);1H3,(H,3,4). The van der Waals surface area contributed by atoms with Crippen molar-refractivity contribution in [2.45, 2.75) is 6.92 Å². The first-order valence-corrected chi connectivity index (χ1v) is 2.41. The molecular formula is C5H10O5. The molecule has 0 atom stereocenters. The molecular weight excluding hydrogens is 140 g/mol. The number of methoxy groups -OCH3 is 1. The summed E-state index contributed by atoms with van der Waals surface area (Å²) in [5.41, 5.74) is 0. The van der Waals surface area contributed by atoms with Crippen LogP contribution >= 0.6 is 0 Å². The molecule has 5 nitrogen and oxygen atoms in total. The number of carboxylic acid groups (broad SMARTS) is 2. The van der Waals surface area contributed by atoms with Crippen molar-refractivity contribution in [3.05, 3.63) is 0 Å². The van der Waals surface area contributed by atoms with Gasteiger partial charge in [0.1, 0.15) is 6.61 Å². The molecule has 0 aromatic rings. The van der Waals surface area contributed by atoms with Crippen molar-refractivity contribution in [2.24, 2.45) is 0 Å². The van der Waals surface area contributed by atoms with Crippen LogP contribution in [0.3, 0.4) is 0 Å². The fraction of sp³-hybridized carbons (Fsp3) is 0.600. The number of ether oxygens (including phenoxy) is 1. The molecule has 0 aliphatic heterocycles. The average molecular weight is 150 g/mol. The summed E-state index contributed by atoms with van der Waals surface area (Å²) in [5, 5.41) is 15.2. The first kappa shape index (κ1) is 11.7. The molecule has 0 fully saturated rings. The minimum atomic E-state index is -0.933. The van der Waals surface area contributed by atoms with Gasteiger partial charge in [-0.1, -0.05) is 0 Å². The summed E-state index contributed by atoms with van der Waals surface area (Å²) in [5.74, 6) is -1.77. The highest BCUT2D eigenvalue weighted by Gasteiger charge is 1.87. The highest BCUT2D eigenvalue weighted by Crippen LogP contribution is 1.61. The number of rotatable bonds is 2. The first-order valence-electron chi connectivity index (χ1n) is 2.41. The van der Waals surface area contributed by atoms with E-state index in [-0.39, 0.29) is 6.61 Å². The maximum absolute atomic E-state index is 9.47. The van der Waals surface area contributed by atoms with Crippen LogP contribution in [0.25, 0.3) is 0 Å². The van der Waals surface area contributed by atoms with Gasteiger partial charge in [-0.25, -0.2) is 4.79 Å². The van der Waals surface area contributed by atoms with Crippen molar-refractivity contribution in [3.8, 4) is 0 Å². The van der Waals surface area contributed by atoms with Gasteiger partial charge in [-0.05, 0) is 0 Å². The molecule has 60 valence electrons. The van der Waals surface area contributed by atoms with E-state index in [0.29, 0.717) is 0 Å². The van der Waals surface area contributed by atoms with E-state index in [0.717, 1.165) is 6.92 Å². The molecule has 0 unspecified atom stereocenters. The lowest BCUT2D eigenvalue weighted by Crippen LogP contribution is -2.02. The van der Waals surface area contributed by atoms with Gasteiger partial charge < -0.3 is 14.9 Å². The molecule has 0 aliphatic carbocycles. The van der Waals surface area contributed by atoms with Crippen molar-refractivity contribution in [3.63, 3.8) is 0 Å². The van der Waals surface area contributed by atoms with Gasteiger partial charge in [-0.3, -0.25) is 4.79 Å². The summed E-state index contributed by atoms with van der Waals surface area (Å²) in [7, 11) is 1.34. The Hall–Kier alpha value is -1.10. The van der Waals surface area contributed by atoms with E-state index in [1.54, 1.807) is 0 Å². The third-order valence-corrected chi connectivity index (χ3v) is 0.268. The molecule has 10 heavy (non-hydrogen) atoms. The van der Waals surface area contributed by atoms with Gasteiger partial charge in [-0.15, -0.1) is 0 Å². The Kier molecular flexibility index (Phi) is 9.22. The van der Waals surface area contributed by atoms with Crippen molar-refractivity contribution < 1.29 is 24.5 Å². The van der Waals surface area contributed by atoms with Gasteiger partial charge in [-0.2, -0.15) is 0 Å². The van der Waals surface area contributed by atoms with Gasteiger partial charge in [0.15, 0.2) is 0 Å². The topological polar surface area (TPSA) is 83.8 Å². The second-order valence-corrected chi connectivity index (χ2v) is 1.35. The largest absolute Gasteiger partial charge is 0.481 e. The number of carboxylic acids is 2. The van der Waals surface area contributed by atoms with Crippen molar-refractivity contribution >= 4 is 11.9 Å². The Labute approximate surface area is 58.2 Å². The number of hydrogen-bond donors (Lipinski definition) is 2. The first-order chi connectivity index (χ1) is 4.50. The lowest BCUT2D eigenvalue weighted by molar-refractivity contribution is -0.141. The Bertz CT molecular complexity index is 105. The fourth-order valence-corrected chi connectivity index (χ4v) is 0.123. The lowest BCUT2D eigenvalue weighted by atomic mass is 10.8. The van der Waals surface area contributed by atoms with Gasteiger partial charge in [0.2, 0.25) is 0 Å². The van der Waals surface area contributed by atoms with E-state index in [4.69, 9.17) is 15.0 Å². The van der Waals surface area contributed by atoms with Crippen LogP contribution in [-0.4, -0.2) is 35.9 Å². The summed E-state index contributed by atoms with van der Waals surface area (Å²) in [6.45, 7) is 0.875. The summed E-state index contributed by atoms with van der Waals surface area (Å²) in [4.78, 5) is 18.5. The minimum Gasteiger partial charge on any atom is -0.481 e. The summed E-state index contributed by atoms with van der Waals surface area (Å²) < 4.78 is 4.20. The van der Waals surface area contributed by atoms with Crippen LogP contribution < -0.4 is 0 Å². The molecule has 0 spiro atoms. The van der Waals surface area contributed by atoms with E-state index in [2.05, 4.69) is 4.74 Å². The molecule has 0 heterocycles. The third-order valence-electron chi connectivity index (χ3n) is 0.268. The Balaban J connectivity index is 0. The van der Waals surface area contributed by atoms with E-state index < -0.39 is 11.9 Å². The molecule has 0 aromatic carbocycles. The average Bonchev–Trinajstić information content (AvgIpc) is 1.62. The Morgan fingerprint density at radius 3 is 1.70 bits per heavy atom. The second kappa shape index (κ2) is 7.90. The fourth-order valence-electron chi connectivity index (χ4n) is 0.123. The van der Waals surface area contributed by atoms with Crippen LogP contribution in [0.15, 0.2) is 0 Å². The minimum absolute atomic E-state index is 0.208. The zero-order chi connectivity index (χ0) is 8.57. The molecule has 0 saturated heterocycles. The van der Waals surface area contributed by atoms with E-state index >= 15 is 0 Å². The number of hydrogen-bond acceptors (Lipinski definition) is 3. The smallest absolute Gasteiger partial charge is 0.329 e. The maximum atomic E-state index is 9.47. The monoisotopic (exact) mass is 150 g/mol. The van der Waals surface area contributed by atoms with Gasteiger partial charge in [0.05, 0.1) is 0 Å². The van der Waals surface area contributed by atoms with Crippen molar-refractivity contribution in [1.29, 1.82) is 0 Å². The Morgan fingerprint density at radius 2 is 1.70 bits per heavy atom. The van der Waals surface area contributed by atoms with Crippen LogP contribution in [0.2, 0.25) is 0 Å². The predicted molar refractivity (Wildman–Crippen MR) is 32.8 cm³/mol. The SMILES string of the molecule is CC(=O)O.COCC(=O)O. The van der Waals surface area contributed by atoms with E-state index in [1.165, 1.54) is 7.11 Å². The van der Waals surface area contributed by atoms with Crippen LogP contribution in [0, 0.1) is 0 Å². The van der Waals surface area contributed by atoms with Crippen LogP contribution in [0.4, 0.5) is 0 Å². The van der Waals surface area contributed by atoms with Gasteiger partial charge in [0.25, 0.3) is 5.97 Å². The lowest BCUT2D eigenvalue weighted by Gasteiger charge is -1.83. The molecule has 0 saturated carbocycles. The highest BCUT2D eigenvalue weighted by atomic mass is 16.5. The van der Waals surface area contributed by atoms with Crippen LogP contribution in [0.5, 0.6) is 0 Å². The Morgan fingerprint density at radius 1 is 1.40 bits per heavy atom. The van der Waals surface area contributed by atoms with Gasteiger partial charge >= 0.3 is 5.97 Å². The van der Waals surface area contributed by atoms with Crippen LogP contribution in [-0.2, 0) is 14.3 Å². The van der Waals surface area contributed by atoms with E-state index in [9.17, 15) is 4.79 Å². The number of aliphatic carboxylic acids is 2. The number of carbonyl (C=O) groups is 2. The molecule has 0 aromatic heterocycles. The summed E-state index contributed by atoms with van der Waals surface area (Å²) in [6.07, 6.45) is 0. The normalized spacial score (nSPS) is 7.40. The molecule has 2 N–H and O–H groups in total. The van der Waals surface area contributed by atoms with Gasteiger partial charge in [0, 0.05) is 14.0 Å². The summed E-state index contributed by atoms with van der Waals surface area (Å²) >= 11 is 0. The maximum Gasteiger partial charge on any atom is 0.329 e. The zero-order valence-corrected chi connectivity index (χ0v) is 5.83. The van der Waals surface area contributed by atoms with Crippen molar-refractivity contribution in [1.82, 2.24) is 0 Å². The van der Waals surface area contributed by atoms with Crippen LogP contribution in [0.1, 0.15) is 6.92 Å². The van der Waals surface area contributed by atoms with E-state index in [1.807, 2.05) is 0 Å². The molecule has 0 aliphatic rings. The quantitative estimate of drug-likeness (QED) is 0.569. The highest BCUT2D eigenvalue weighted by molar-refractivity contribution is 5.67. The molecule has 0 rings (SSSR count). The molecule has 0 amide bonds. The zero-order valence-electron chi connectivity index (χ0n) is 5.83. The van der Waals surface area contributed by atoms with Crippen molar-refractivity contribution in [2.75, 3.05) is 13.7 Å². The third kappa shape index (κ3) is 66.5. The molecule has 0 bridgehead atoms. The predicted octanol–water partition coefficient (Wildman–Crippen LogP) is -0.192. The summed E-state index contributed by atoms with van der Waals surface area (Å²) in [6, 6.07) is 0. The molecule has 5 heteroatoms. The molecule has 0 radical (unpaired) electrons.